The number of ether oxygens (including phenoxy) is 1. The van der Waals surface area contributed by atoms with Gasteiger partial charge in [-0.2, -0.15) is 0 Å². The van der Waals surface area contributed by atoms with Gasteiger partial charge in [-0.25, -0.2) is 13.6 Å². The van der Waals surface area contributed by atoms with E-state index in [-0.39, 0.29) is 28.7 Å². The predicted molar refractivity (Wildman–Crippen MR) is 138 cm³/mol. The number of esters is 1. The van der Waals surface area contributed by atoms with E-state index in [0.717, 1.165) is 11.1 Å². The average Bonchev–Trinajstić information content (AvgIpc) is 2.81. The van der Waals surface area contributed by atoms with Crippen LogP contribution in [0.4, 0.5) is 8.78 Å². The van der Waals surface area contributed by atoms with Crippen LogP contribution in [-0.4, -0.2) is 44.9 Å². The highest BCUT2D eigenvalue weighted by atomic mass is 28.4. The molecule has 0 N–H and O–H groups in total. The van der Waals surface area contributed by atoms with Gasteiger partial charge in [0.05, 0.1) is 37.8 Å². The summed E-state index contributed by atoms with van der Waals surface area (Å²) in [7, 11) is -0.818. The molecule has 5 nitrogen and oxygen atoms in total. The molecule has 1 amide bonds. The van der Waals surface area contributed by atoms with Crippen molar-refractivity contribution in [1.29, 1.82) is 0 Å². The predicted octanol–water partition coefficient (Wildman–Crippen LogP) is 6.14. The van der Waals surface area contributed by atoms with Crippen LogP contribution >= 0.6 is 0 Å². The summed E-state index contributed by atoms with van der Waals surface area (Å²) in [6, 6.07) is 7.09. The zero-order chi connectivity index (χ0) is 27.0. The Hall–Kier alpha value is -2.58. The van der Waals surface area contributed by atoms with E-state index in [2.05, 4.69) is 33.9 Å². The summed E-state index contributed by atoms with van der Waals surface area (Å²) in [5, 5.41) is -0.0367. The van der Waals surface area contributed by atoms with Gasteiger partial charge < -0.3 is 14.1 Å². The van der Waals surface area contributed by atoms with Crippen molar-refractivity contribution in [3.05, 3.63) is 69.8 Å². The molecule has 0 aromatic heterocycles. The number of rotatable bonds is 6. The lowest BCUT2D eigenvalue weighted by atomic mass is 9.85. The number of fused-ring (bicyclic) bond motifs is 1. The zero-order valence-corrected chi connectivity index (χ0v) is 23.5. The van der Waals surface area contributed by atoms with Gasteiger partial charge in [-0.3, -0.25) is 4.79 Å². The first-order valence-corrected chi connectivity index (χ1v) is 15.2. The van der Waals surface area contributed by atoms with Crippen LogP contribution in [0.25, 0.3) is 0 Å². The van der Waals surface area contributed by atoms with Crippen LogP contribution in [0.3, 0.4) is 0 Å². The topological polar surface area (TPSA) is 55.8 Å². The molecule has 2 atom stereocenters. The Labute approximate surface area is 213 Å². The van der Waals surface area contributed by atoms with Crippen molar-refractivity contribution in [2.45, 2.75) is 77.7 Å². The van der Waals surface area contributed by atoms with Crippen molar-refractivity contribution in [3.63, 3.8) is 0 Å². The summed E-state index contributed by atoms with van der Waals surface area (Å²) >= 11 is 0. The molecule has 1 aliphatic heterocycles. The molecule has 1 aliphatic rings. The Kier molecular flexibility index (Phi) is 8.10. The molecule has 8 heteroatoms. The van der Waals surface area contributed by atoms with Crippen LogP contribution in [0.2, 0.25) is 18.1 Å². The quantitative estimate of drug-likeness (QED) is 0.341. The van der Waals surface area contributed by atoms with E-state index in [4.69, 9.17) is 9.16 Å². The van der Waals surface area contributed by atoms with Crippen molar-refractivity contribution in [2.24, 2.45) is 0 Å². The highest BCUT2D eigenvalue weighted by molar-refractivity contribution is 6.74. The number of carbonyl (C=O) groups excluding carboxylic acids is 2. The number of nitrogens with zero attached hydrogens (tertiary/aromatic N) is 1. The van der Waals surface area contributed by atoms with Crippen LogP contribution in [0.5, 0.6) is 0 Å². The molecule has 2 aromatic carbocycles. The van der Waals surface area contributed by atoms with E-state index in [9.17, 15) is 18.4 Å². The minimum atomic E-state index is -2.16. The number of benzene rings is 2. The van der Waals surface area contributed by atoms with E-state index < -0.39 is 44.4 Å². The molecule has 0 unspecified atom stereocenters. The summed E-state index contributed by atoms with van der Waals surface area (Å²) in [5.41, 5.74) is 2.15. The van der Waals surface area contributed by atoms with Gasteiger partial charge in [-0.15, -0.1) is 0 Å². The molecule has 0 bridgehead atoms. The van der Waals surface area contributed by atoms with Crippen molar-refractivity contribution in [3.8, 4) is 0 Å². The van der Waals surface area contributed by atoms with E-state index in [1.54, 1.807) is 24.0 Å². The molecule has 1 heterocycles. The third kappa shape index (κ3) is 5.39. The van der Waals surface area contributed by atoms with E-state index >= 15 is 0 Å². The number of aryl methyl sites for hydroxylation is 1. The lowest BCUT2D eigenvalue weighted by Crippen LogP contribution is -2.52. The summed E-state index contributed by atoms with van der Waals surface area (Å²) < 4.78 is 40.8. The van der Waals surface area contributed by atoms with Crippen LogP contribution in [0.1, 0.15) is 66.3 Å². The first-order valence-electron chi connectivity index (χ1n) is 12.3. The molecule has 0 saturated heterocycles. The van der Waals surface area contributed by atoms with Gasteiger partial charge in [0, 0.05) is 5.56 Å². The van der Waals surface area contributed by atoms with Gasteiger partial charge in [0.15, 0.2) is 8.32 Å². The van der Waals surface area contributed by atoms with Gasteiger partial charge in [-0.1, -0.05) is 39.0 Å². The number of hydrogen-bond donors (Lipinski definition) is 0. The van der Waals surface area contributed by atoms with Crippen LogP contribution in [-0.2, 0) is 26.8 Å². The molecule has 36 heavy (non-hydrogen) atoms. The van der Waals surface area contributed by atoms with Gasteiger partial charge >= 0.3 is 5.97 Å². The molecule has 0 aliphatic carbocycles. The minimum absolute atomic E-state index is 0.0367. The van der Waals surface area contributed by atoms with Crippen LogP contribution in [0.15, 0.2) is 30.3 Å². The maximum absolute atomic E-state index is 14.8. The third-order valence-corrected chi connectivity index (χ3v) is 12.3. The lowest BCUT2D eigenvalue weighted by Gasteiger charge is -2.44. The van der Waals surface area contributed by atoms with E-state index in [0.29, 0.717) is 12.0 Å². The summed E-state index contributed by atoms with van der Waals surface area (Å²) in [5.74, 6) is -2.26. The summed E-state index contributed by atoms with van der Waals surface area (Å²) in [6.45, 7) is 14.4. The molecular formula is C28H37F2NO4Si. The number of amides is 1. The standard InChI is InChI=1S/C28H37F2NO4Si/c1-17-12-13-24(29)23(26(17)30)15-25(32)31-18(2)20-10-9-11-21(27(33)34-6)22(20)14-19(31)16-35-36(7,8)28(3,4)5/h9-13,18-19H,14-16H2,1-8H3/t18-,19+/m0/s1. The fourth-order valence-corrected chi connectivity index (χ4v) is 5.57. The second-order valence-corrected chi connectivity index (χ2v) is 15.9. The van der Waals surface area contributed by atoms with Crippen molar-refractivity contribution in [2.75, 3.05) is 13.7 Å². The first-order chi connectivity index (χ1) is 16.7. The normalized spacial score (nSPS) is 18.1. The first kappa shape index (κ1) is 28.0. The molecule has 0 saturated carbocycles. The summed E-state index contributed by atoms with van der Waals surface area (Å²) in [4.78, 5) is 27.8. The molecule has 0 radical (unpaired) electrons. The number of carbonyl (C=O) groups is 2. The zero-order valence-electron chi connectivity index (χ0n) is 22.5. The number of hydrogen-bond acceptors (Lipinski definition) is 4. The van der Waals surface area contributed by atoms with Gasteiger partial charge in [0.1, 0.15) is 11.6 Å². The van der Waals surface area contributed by atoms with E-state index in [1.165, 1.54) is 19.2 Å². The largest absolute Gasteiger partial charge is 0.465 e. The van der Waals surface area contributed by atoms with Gasteiger partial charge in [0.25, 0.3) is 0 Å². The van der Waals surface area contributed by atoms with Crippen LogP contribution < -0.4 is 0 Å². The van der Waals surface area contributed by atoms with Crippen molar-refractivity contribution >= 4 is 20.2 Å². The fraction of sp³-hybridized carbons (Fsp3) is 0.500. The fourth-order valence-electron chi connectivity index (χ4n) is 4.52. The Morgan fingerprint density at radius 2 is 1.81 bits per heavy atom. The highest BCUT2D eigenvalue weighted by Gasteiger charge is 2.41. The molecule has 3 rings (SSSR count). The van der Waals surface area contributed by atoms with Crippen molar-refractivity contribution < 1.29 is 27.5 Å². The molecule has 0 fully saturated rings. The van der Waals surface area contributed by atoms with Crippen molar-refractivity contribution in [1.82, 2.24) is 4.90 Å². The molecular weight excluding hydrogens is 480 g/mol. The Morgan fingerprint density at radius 1 is 1.14 bits per heavy atom. The average molecular weight is 518 g/mol. The Bertz CT molecular complexity index is 1160. The van der Waals surface area contributed by atoms with Gasteiger partial charge in [-0.05, 0) is 67.2 Å². The highest BCUT2D eigenvalue weighted by Crippen LogP contribution is 2.39. The second kappa shape index (κ2) is 10.4. The Morgan fingerprint density at radius 3 is 2.42 bits per heavy atom. The lowest BCUT2D eigenvalue weighted by molar-refractivity contribution is -0.137. The maximum atomic E-state index is 14.8. The second-order valence-electron chi connectivity index (χ2n) is 11.1. The monoisotopic (exact) mass is 517 g/mol. The molecule has 2 aromatic rings. The van der Waals surface area contributed by atoms with E-state index in [1.807, 2.05) is 13.0 Å². The minimum Gasteiger partial charge on any atom is -0.465 e. The third-order valence-electron chi connectivity index (χ3n) is 7.76. The Balaban J connectivity index is 2.03. The van der Waals surface area contributed by atoms with Crippen LogP contribution in [0, 0.1) is 18.6 Å². The maximum Gasteiger partial charge on any atom is 0.338 e. The number of methoxy groups -OCH3 is 1. The summed E-state index contributed by atoms with van der Waals surface area (Å²) in [6.07, 6.45) is -0.0175. The molecule has 196 valence electrons. The molecule has 0 spiro atoms. The smallest absolute Gasteiger partial charge is 0.338 e. The SMILES string of the molecule is COC(=O)c1cccc2c1C[C@H](CO[Si](C)(C)C(C)(C)C)N(C(=O)Cc1c(F)ccc(C)c1F)[C@H]2C. The number of halogens is 2. The van der Waals surface area contributed by atoms with Gasteiger partial charge in [0.2, 0.25) is 5.91 Å².